The molecule has 0 saturated carbocycles. The van der Waals surface area contributed by atoms with Crippen molar-refractivity contribution in [3.63, 3.8) is 0 Å². The summed E-state index contributed by atoms with van der Waals surface area (Å²) in [5, 5.41) is 19.0. The van der Waals surface area contributed by atoms with Crippen LogP contribution in [0.4, 0.5) is 0 Å². The minimum atomic E-state index is 0.582. The number of hydrogen-bond donors (Lipinski definition) is 0. The van der Waals surface area contributed by atoms with Gasteiger partial charge in [-0.25, -0.2) is 9.97 Å². The summed E-state index contributed by atoms with van der Waals surface area (Å²) in [7, 11) is 0. The second-order valence-electron chi connectivity index (χ2n) is 15.3. The molecule has 1 aliphatic rings. The highest BCUT2D eigenvalue weighted by Gasteiger charge is 2.22. The van der Waals surface area contributed by atoms with Crippen molar-refractivity contribution in [3.05, 3.63) is 194 Å². The second kappa shape index (κ2) is 13.0. The van der Waals surface area contributed by atoms with E-state index in [1.807, 2.05) is 54.6 Å². The van der Waals surface area contributed by atoms with E-state index in [0.29, 0.717) is 17.1 Å². The van der Waals surface area contributed by atoms with E-state index in [1.165, 1.54) is 21.5 Å². The van der Waals surface area contributed by atoms with Crippen molar-refractivity contribution < 1.29 is 4.74 Å². The smallest absolute Gasteiger partial charge is 0.160 e. The molecular formula is C55H31N3O. The standard InChI is InChI=1S/C55H31N3O/c56-32-33-17-22-46-47-16-8-15-38-25-44(30-51(54(38)47)59-50(46)23-33)37-14-7-13-36(24-37)43-26-39-18-20-41-28-45(29-42-21-19-40(27-43)52(39)53(41)42)55-57-48(34-9-3-1-4-10-34)31-49(58-55)35-11-5-2-6-12-35/h1-31H. The molecule has 272 valence electrons. The molecule has 0 amide bonds. The molecular weight excluding hydrogens is 719 g/mol. The first-order valence-corrected chi connectivity index (χ1v) is 19.8. The van der Waals surface area contributed by atoms with Gasteiger partial charge in [0.05, 0.1) is 23.0 Å². The first kappa shape index (κ1) is 33.1. The monoisotopic (exact) mass is 749 g/mol. The number of benzene rings is 10. The number of rotatable bonds is 5. The predicted octanol–water partition coefficient (Wildman–Crippen LogP) is 14.5. The van der Waals surface area contributed by atoms with E-state index in [4.69, 9.17) is 14.7 Å². The molecule has 12 rings (SSSR count). The fourth-order valence-electron chi connectivity index (χ4n) is 8.98. The average molecular weight is 750 g/mol. The largest absolute Gasteiger partial charge is 0.456 e. The molecule has 59 heavy (non-hydrogen) atoms. The predicted molar refractivity (Wildman–Crippen MR) is 241 cm³/mol. The molecule has 0 fully saturated rings. The molecule has 0 N–H and O–H groups in total. The third-order valence-corrected chi connectivity index (χ3v) is 11.7. The number of nitriles is 1. The molecule has 0 spiro atoms. The van der Waals surface area contributed by atoms with E-state index in [0.717, 1.165) is 88.8 Å². The van der Waals surface area contributed by atoms with Crippen LogP contribution in [-0.4, -0.2) is 9.97 Å². The van der Waals surface area contributed by atoms with Gasteiger partial charge < -0.3 is 4.74 Å². The van der Waals surface area contributed by atoms with E-state index < -0.39 is 0 Å². The summed E-state index contributed by atoms with van der Waals surface area (Å²) >= 11 is 0. The molecule has 0 bridgehead atoms. The van der Waals surface area contributed by atoms with Gasteiger partial charge in [-0.05, 0) is 132 Å². The number of hydrogen-bond acceptors (Lipinski definition) is 4. The van der Waals surface area contributed by atoms with Gasteiger partial charge in [-0.1, -0.05) is 121 Å². The Morgan fingerprint density at radius 3 is 1.47 bits per heavy atom. The number of aromatic nitrogens is 2. The first-order chi connectivity index (χ1) is 29.1. The van der Waals surface area contributed by atoms with Crippen LogP contribution in [0.1, 0.15) is 5.56 Å². The van der Waals surface area contributed by atoms with Gasteiger partial charge in [-0.3, -0.25) is 0 Å². The van der Waals surface area contributed by atoms with Gasteiger partial charge in [-0.2, -0.15) is 5.26 Å². The maximum atomic E-state index is 9.55. The molecule has 4 heteroatoms. The van der Waals surface area contributed by atoms with E-state index in [2.05, 4.69) is 140 Å². The average Bonchev–Trinajstić information content (AvgIpc) is 3.30. The van der Waals surface area contributed by atoms with E-state index >= 15 is 0 Å². The lowest BCUT2D eigenvalue weighted by atomic mass is 9.89. The molecule has 2 heterocycles. The zero-order valence-electron chi connectivity index (χ0n) is 31.6. The lowest BCUT2D eigenvalue weighted by Crippen LogP contribution is -1.98. The summed E-state index contributed by atoms with van der Waals surface area (Å²) in [6, 6.07) is 68.2. The Morgan fingerprint density at radius 2 is 0.881 bits per heavy atom. The molecule has 1 aromatic heterocycles. The zero-order valence-corrected chi connectivity index (χ0v) is 31.6. The lowest BCUT2D eigenvalue weighted by molar-refractivity contribution is 0.487. The minimum Gasteiger partial charge on any atom is -0.456 e. The van der Waals surface area contributed by atoms with Crippen LogP contribution in [0.2, 0.25) is 0 Å². The van der Waals surface area contributed by atoms with Crippen LogP contribution < -0.4 is 4.74 Å². The second-order valence-corrected chi connectivity index (χ2v) is 15.3. The van der Waals surface area contributed by atoms with Crippen LogP contribution in [0.25, 0.3) is 110 Å². The van der Waals surface area contributed by atoms with Gasteiger partial charge >= 0.3 is 0 Å². The zero-order chi connectivity index (χ0) is 39.0. The summed E-state index contributed by atoms with van der Waals surface area (Å²) < 4.78 is 6.50. The summed E-state index contributed by atoms with van der Waals surface area (Å²) in [5.74, 6) is 2.22. The van der Waals surface area contributed by atoms with Crippen molar-refractivity contribution in [2.24, 2.45) is 0 Å². The van der Waals surface area contributed by atoms with Crippen molar-refractivity contribution in [2.75, 3.05) is 0 Å². The van der Waals surface area contributed by atoms with Crippen molar-refractivity contribution in [2.45, 2.75) is 0 Å². The van der Waals surface area contributed by atoms with Crippen molar-refractivity contribution in [1.82, 2.24) is 9.97 Å². The van der Waals surface area contributed by atoms with Crippen LogP contribution in [0, 0.1) is 11.3 Å². The maximum absolute atomic E-state index is 9.55. The summed E-state index contributed by atoms with van der Waals surface area (Å²) in [4.78, 5) is 10.3. The van der Waals surface area contributed by atoms with Gasteiger partial charge in [0.15, 0.2) is 5.82 Å². The Labute approximate surface area is 340 Å². The summed E-state index contributed by atoms with van der Waals surface area (Å²) in [5.41, 5.74) is 12.1. The quantitative estimate of drug-likeness (QED) is 0.164. The third-order valence-electron chi connectivity index (χ3n) is 11.7. The van der Waals surface area contributed by atoms with Crippen molar-refractivity contribution >= 4 is 43.1 Å². The third kappa shape index (κ3) is 5.45. The minimum absolute atomic E-state index is 0.582. The molecule has 10 aromatic carbocycles. The van der Waals surface area contributed by atoms with Crippen LogP contribution in [-0.2, 0) is 0 Å². The lowest BCUT2D eigenvalue weighted by Gasteiger charge is -2.22. The molecule has 0 saturated heterocycles. The topological polar surface area (TPSA) is 58.8 Å². The normalized spacial score (nSPS) is 11.8. The molecule has 0 aliphatic carbocycles. The van der Waals surface area contributed by atoms with E-state index in [1.54, 1.807) is 0 Å². The molecule has 0 unspecified atom stereocenters. The van der Waals surface area contributed by atoms with Gasteiger partial charge in [0, 0.05) is 27.6 Å². The molecule has 0 radical (unpaired) electrons. The van der Waals surface area contributed by atoms with Crippen LogP contribution in [0.5, 0.6) is 11.5 Å². The van der Waals surface area contributed by atoms with E-state index in [9.17, 15) is 5.26 Å². The maximum Gasteiger partial charge on any atom is 0.160 e. The summed E-state index contributed by atoms with van der Waals surface area (Å²) in [6.07, 6.45) is 0. The SMILES string of the molecule is N#Cc1ccc2c(c1)Oc1cc(-c3cccc(-c4cc5ccc6cc(-c7nc(-c8ccccc8)cc(-c8ccccc8)n7)cc7ccc(c4)c5c67)c3)cc3cccc-2c13. The van der Waals surface area contributed by atoms with Gasteiger partial charge in [0.1, 0.15) is 11.5 Å². The Hall–Kier alpha value is -8.13. The van der Waals surface area contributed by atoms with Gasteiger partial charge in [0.2, 0.25) is 0 Å². The Morgan fingerprint density at radius 1 is 0.356 bits per heavy atom. The molecule has 11 aromatic rings. The number of nitrogens with zero attached hydrogens (tertiary/aromatic N) is 3. The van der Waals surface area contributed by atoms with Gasteiger partial charge in [0.25, 0.3) is 0 Å². The molecule has 1 aliphatic heterocycles. The fourth-order valence-corrected chi connectivity index (χ4v) is 8.98. The van der Waals surface area contributed by atoms with Crippen LogP contribution in [0.3, 0.4) is 0 Å². The van der Waals surface area contributed by atoms with Crippen molar-refractivity contribution in [3.8, 4) is 84.9 Å². The highest BCUT2D eigenvalue weighted by atomic mass is 16.5. The Kier molecular flexibility index (Phi) is 7.26. The molecule has 0 atom stereocenters. The highest BCUT2D eigenvalue weighted by Crippen LogP contribution is 2.48. The number of fused-ring (bicyclic) bond motifs is 2. The Balaban J connectivity index is 0.939. The van der Waals surface area contributed by atoms with Crippen LogP contribution >= 0.6 is 0 Å². The summed E-state index contributed by atoms with van der Waals surface area (Å²) in [6.45, 7) is 0. The Bertz CT molecular complexity index is 3410. The van der Waals surface area contributed by atoms with E-state index in [-0.39, 0.29) is 0 Å². The molecule has 4 nitrogen and oxygen atoms in total. The first-order valence-electron chi connectivity index (χ1n) is 19.8. The fraction of sp³-hybridized carbons (Fsp3) is 0. The number of ether oxygens (including phenoxy) is 1. The highest BCUT2D eigenvalue weighted by molar-refractivity contribution is 6.24. The van der Waals surface area contributed by atoms with Crippen LogP contribution in [0.15, 0.2) is 188 Å². The van der Waals surface area contributed by atoms with Crippen molar-refractivity contribution in [1.29, 1.82) is 5.26 Å². The van der Waals surface area contributed by atoms with Gasteiger partial charge in [-0.15, -0.1) is 0 Å².